The summed E-state index contributed by atoms with van der Waals surface area (Å²) in [6.07, 6.45) is 4.25. The number of piperidine rings is 1. The van der Waals surface area contributed by atoms with Crippen LogP contribution in [0.1, 0.15) is 49.3 Å². The van der Waals surface area contributed by atoms with E-state index >= 15 is 0 Å². The van der Waals surface area contributed by atoms with E-state index < -0.39 is 23.7 Å². The summed E-state index contributed by atoms with van der Waals surface area (Å²) in [4.78, 5) is 18.2. The molecule has 0 unspecified atom stereocenters. The third-order valence-corrected chi connectivity index (χ3v) is 7.52. The van der Waals surface area contributed by atoms with E-state index in [2.05, 4.69) is 9.88 Å². The molecule has 0 radical (unpaired) electrons. The number of methoxy groups -OCH3 is 1. The molecule has 0 spiro atoms. The van der Waals surface area contributed by atoms with Gasteiger partial charge in [-0.15, -0.1) is 0 Å². The Labute approximate surface area is 215 Å². The highest BCUT2D eigenvalue weighted by atomic mass is 19.2. The lowest BCUT2D eigenvalue weighted by molar-refractivity contribution is -0.139. The van der Waals surface area contributed by atoms with Crippen LogP contribution in [0.4, 0.5) is 8.78 Å². The molecule has 3 aromatic rings. The van der Waals surface area contributed by atoms with E-state index in [1.807, 2.05) is 24.3 Å². The Morgan fingerprint density at radius 1 is 1.22 bits per heavy atom. The summed E-state index contributed by atoms with van der Waals surface area (Å²) in [6, 6.07) is 11.6. The van der Waals surface area contributed by atoms with Gasteiger partial charge in [-0.1, -0.05) is 12.1 Å². The molecule has 1 aliphatic heterocycles. The normalized spacial score (nSPS) is 19.1. The van der Waals surface area contributed by atoms with Gasteiger partial charge in [0.15, 0.2) is 11.6 Å². The molecule has 3 atom stereocenters. The fourth-order valence-corrected chi connectivity index (χ4v) is 5.52. The highest BCUT2D eigenvalue weighted by Crippen LogP contribution is 2.35. The van der Waals surface area contributed by atoms with Crippen LogP contribution >= 0.6 is 0 Å². The molecule has 2 aromatic carbocycles. The first kappa shape index (κ1) is 26.9. The summed E-state index contributed by atoms with van der Waals surface area (Å²) < 4.78 is 32.7. The van der Waals surface area contributed by atoms with E-state index in [9.17, 15) is 23.8 Å². The molecule has 0 bridgehead atoms. The van der Waals surface area contributed by atoms with Crippen LogP contribution < -0.4 is 4.74 Å². The lowest BCUT2D eigenvalue weighted by Crippen LogP contribution is -2.42. The zero-order chi connectivity index (χ0) is 26.4. The van der Waals surface area contributed by atoms with Crippen molar-refractivity contribution in [2.45, 2.75) is 44.6 Å². The van der Waals surface area contributed by atoms with E-state index in [-0.39, 0.29) is 18.3 Å². The largest absolute Gasteiger partial charge is 0.497 e. The van der Waals surface area contributed by atoms with Crippen LogP contribution in [-0.2, 0) is 11.2 Å². The number of hydrogen-bond donors (Lipinski definition) is 2. The van der Waals surface area contributed by atoms with Crippen molar-refractivity contribution in [2.24, 2.45) is 11.8 Å². The average molecular weight is 513 g/mol. The third-order valence-electron chi connectivity index (χ3n) is 7.52. The molecule has 2 heterocycles. The van der Waals surface area contributed by atoms with Gasteiger partial charge >= 0.3 is 5.97 Å². The summed E-state index contributed by atoms with van der Waals surface area (Å²) in [5, 5.41) is 21.4. The van der Waals surface area contributed by atoms with Gasteiger partial charge in [-0.05, 0) is 98.5 Å². The molecule has 0 amide bonds. The van der Waals surface area contributed by atoms with Crippen LogP contribution in [0.25, 0.3) is 10.9 Å². The van der Waals surface area contributed by atoms with Gasteiger partial charge in [0, 0.05) is 24.5 Å². The number of nitrogens with zero attached hydrogens (tertiary/aromatic N) is 2. The molecule has 4 rings (SSSR count). The molecule has 37 heavy (non-hydrogen) atoms. The molecular weight excluding hydrogens is 478 g/mol. The van der Waals surface area contributed by atoms with Crippen LogP contribution in [-0.4, -0.2) is 52.8 Å². The van der Waals surface area contributed by atoms with Gasteiger partial charge < -0.3 is 19.8 Å². The smallest absolute Gasteiger partial charge is 0.303 e. The number of halogens is 2. The molecule has 0 saturated carbocycles. The highest BCUT2D eigenvalue weighted by Gasteiger charge is 2.31. The van der Waals surface area contributed by atoms with Crippen LogP contribution in [0.2, 0.25) is 0 Å². The number of pyridine rings is 1. The molecule has 2 N–H and O–H groups in total. The molecule has 6 nitrogen and oxygen atoms in total. The fourth-order valence-electron chi connectivity index (χ4n) is 5.52. The standard InChI is InChI=1S/C29H34F2N2O4/c1-37-22-8-9-26-24(17-22)23(11-13-32-26)27(34)10-7-19-12-15-33(18-21(19)16-28(35)36)14-3-5-20-4-2-6-25(30)29(20)31/h2,4,6,8-9,11,13,17,19,21,27,34H,3,5,7,10,12,14-16,18H2,1H3,(H,35,36)/t19-,21+,27-/m1/s1. The van der Waals surface area contributed by atoms with Crippen LogP contribution in [0.15, 0.2) is 48.7 Å². The van der Waals surface area contributed by atoms with Crippen molar-refractivity contribution >= 4 is 16.9 Å². The van der Waals surface area contributed by atoms with Gasteiger partial charge in [0.1, 0.15) is 5.75 Å². The zero-order valence-corrected chi connectivity index (χ0v) is 21.1. The number of carboxylic acid groups (broad SMARTS) is 1. The van der Waals surface area contributed by atoms with E-state index in [0.29, 0.717) is 43.7 Å². The number of ether oxygens (including phenoxy) is 1. The fraction of sp³-hybridized carbons (Fsp3) is 0.448. The molecule has 198 valence electrons. The Morgan fingerprint density at radius 3 is 2.84 bits per heavy atom. The molecule has 1 fully saturated rings. The third kappa shape index (κ3) is 6.81. The summed E-state index contributed by atoms with van der Waals surface area (Å²) in [5.41, 5.74) is 1.94. The van der Waals surface area contributed by atoms with Crippen molar-refractivity contribution in [3.63, 3.8) is 0 Å². The minimum absolute atomic E-state index is 0.0290. The van der Waals surface area contributed by atoms with Gasteiger partial charge in [-0.25, -0.2) is 8.78 Å². The van der Waals surface area contributed by atoms with E-state index in [1.54, 1.807) is 19.4 Å². The predicted octanol–water partition coefficient (Wildman–Crippen LogP) is 5.38. The van der Waals surface area contributed by atoms with E-state index in [0.717, 1.165) is 41.9 Å². The second-order valence-electron chi connectivity index (χ2n) is 9.90. The number of aliphatic carboxylic acids is 1. The van der Waals surface area contributed by atoms with Gasteiger partial charge in [-0.3, -0.25) is 9.78 Å². The van der Waals surface area contributed by atoms with Crippen LogP contribution in [0.5, 0.6) is 5.75 Å². The maximum Gasteiger partial charge on any atom is 0.303 e. The first-order valence-corrected chi connectivity index (χ1v) is 12.8. The second-order valence-corrected chi connectivity index (χ2v) is 9.90. The van der Waals surface area contributed by atoms with Crippen LogP contribution in [0, 0.1) is 23.5 Å². The summed E-state index contributed by atoms with van der Waals surface area (Å²) in [6.45, 7) is 2.16. The SMILES string of the molecule is COc1ccc2nccc([C@H](O)CC[C@@H]3CCN(CCCc4cccc(F)c4F)C[C@@H]3CC(=O)O)c2c1. The molecule has 1 saturated heterocycles. The maximum absolute atomic E-state index is 13.9. The minimum Gasteiger partial charge on any atom is -0.497 e. The Morgan fingerprint density at radius 2 is 2.05 bits per heavy atom. The average Bonchev–Trinajstić information content (AvgIpc) is 2.89. The lowest BCUT2D eigenvalue weighted by atomic mass is 9.79. The van der Waals surface area contributed by atoms with Gasteiger partial charge in [0.05, 0.1) is 18.7 Å². The highest BCUT2D eigenvalue weighted by molar-refractivity contribution is 5.83. The number of aliphatic hydroxyl groups is 1. The molecule has 0 aliphatic carbocycles. The Bertz CT molecular complexity index is 1220. The van der Waals surface area contributed by atoms with Gasteiger partial charge in [-0.2, -0.15) is 0 Å². The molecule has 8 heteroatoms. The van der Waals surface area contributed by atoms with Gasteiger partial charge in [0.2, 0.25) is 0 Å². The molecule has 1 aliphatic rings. The first-order chi connectivity index (χ1) is 17.9. The van der Waals surface area contributed by atoms with E-state index in [4.69, 9.17) is 4.74 Å². The number of carboxylic acids is 1. The van der Waals surface area contributed by atoms with Crippen molar-refractivity contribution in [2.75, 3.05) is 26.7 Å². The number of benzene rings is 2. The number of aliphatic hydroxyl groups excluding tert-OH is 1. The zero-order valence-electron chi connectivity index (χ0n) is 21.1. The number of hydrogen-bond acceptors (Lipinski definition) is 5. The quantitative estimate of drug-likeness (QED) is 0.359. The Balaban J connectivity index is 1.35. The number of likely N-dealkylation sites (tertiary alicyclic amines) is 1. The summed E-state index contributed by atoms with van der Waals surface area (Å²) >= 11 is 0. The van der Waals surface area contributed by atoms with Crippen molar-refractivity contribution in [3.05, 3.63) is 71.4 Å². The first-order valence-electron chi connectivity index (χ1n) is 12.8. The number of aryl methyl sites for hydroxylation is 1. The summed E-state index contributed by atoms with van der Waals surface area (Å²) in [5.74, 6) is -1.59. The van der Waals surface area contributed by atoms with Crippen molar-refractivity contribution in [1.29, 1.82) is 0 Å². The predicted molar refractivity (Wildman–Crippen MR) is 137 cm³/mol. The molecule has 1 aromatic heterocycles. The van der Waals surface area contributed by atoms with Crippen LogP contribution in [0.3, 0.4) is 0 Å². The summed E-state index contributed by atoms with van der Waals surface area (Å²) in [7, 11) is 1.60. The minimum atomic E-state index is -0.832. The van der Waals surface area contributed by atoms with Crippen molar-refractivity contribution < 1.29 is 28.5 Å². The number of rotatable bonds is 11. The monoisotopic (exact) mass is 512 g/mol. The second kappa shape index (κ2) is 12.4. The lowest BCUT2D eigenvalue weighted by Gasteiger charge is -2.38. The van der Waals surface area contributed by atoms with Gasteiger partial charge in [0.25, 0.3) is 0 Å². The number of carbonyl (C=O) groups is 1. The Hall–Kier alpha value is -3.10. The number of aromatic nitrogens is 1. The van der Waals surface area contributed by atoms with E-state index in [1.165, 1.54) is 6.07 Å². The topological polar surface area (TPSA) is 82.9 Å². The van der Waals surface area contributed by atoms with Crippen molar-refractivity contribution in [3.8, 4) is 5.75 Å². The number of fused-ring (bicyclic) bond motifs is 1. The van der Waals surface area contributed by atoms with Crippen molar-refractivity contribution in [1.82, 2.24) is 9.88 Å². The molecular formula is C29H34F2N2O4. The maximum atomic E-state index is 13.9. The Kier molecular flexibility index (Phi) is 9.05.